The van der Waals surface area contributed by atoms with Crippen LogP contribution in [0.25, 0.3) is 5.69 Å². The van der Waals surface area contributed by atoms with Crippen molar-refractivity contribution >= 4 is 46.6 Å². The summed E-state index contributed by atoms with van der Waals surface area (Å²) in [6.45, 7) is 5.32. The molecule has 0 atom stereocenters. The van der Waals surface area contributed by atoms with Crippen molar-refractivity contribution in [3.05, 3.63) is 79.8 Å². The van der Waals surface area contributed by atoms with Gasteiger partial charge in [0.1, 0.15) is 0 Å². The van der Waals surface area contributed by atoms with Crippen LogP contribution in [0, 0.1) is 20.8 Å². The molecule has 0 saturated carbocycles. The molecule has 1 aromatic carbocycles. The van der Waals surface area contributed by atoms with Crippen LogP contribution in [-0.2, 0) is 4.74 Å². The fourth-order valence-corrected chi connectivity index (χ4v) is 3.56. The molecule has 5 nitrogen and oxygen atoms in total. The number of ketones is 1. The van der Waals surface area contributed by atoms with Crippen LogP contribution >= 0.6 is 34.8 Å². The number of esters is 1. The number of nitrogens with zero attached hydrogens (tertiary/aromatic N) is 2. The van der Waals surface area contributed by atoms with Gasteiger partial charge in [0.25, 0.3) is 0 Å². The Morgan fingerprint density at radius 3 is 2.34 bits per heavy atom. The summed E-state index contributed by atoms with van der Waals surface area (Å²) < 4.78 is 7.08. The Balaban J connectivity index is 1.78. The number of rotatable bonds is 5. The Morgan fingerprint density at radius 1 is 1.03 bits per heavy atom. The summed E-state index contributed by atoms with van der Waals surface area (Å²) in [5.41, 5.74) is 4.04. The van der Waals surface area contributed by atoms with Gasteiger partial charge in [-0.3, -0.25) is 4.79 Å². The number of carbonyl (C=O) groups excluding carboxylic acids is 2. The first kappa shape index (κ1) is 21.4. The Hall–Kier alpha value is -2.34. The van der Waals surface area contributed by atoms with Crippen molar-refractivity contribution in [2.45, 2.75) is 20.8 Å². The highest BCUT2D eigenvalue weighted by atomic mass is 35.5. The second-order valence-corrected chi connectivity index (χ2v) is 7.70. The van der Waals surface area contributed by atoms with Gasteiger partial charge in [-0.25, -0.2) is 9.78 Å². The van der Waals surface area contributed by atoms with Crippen LogP contribution in [-0.4, -0.2) is 27.9 Å². The van der Waals surface area contributed by atoms with E-state index in [1.54, 1.807) is 6.07 Å². The summed E-state index contributed by atoms with van der Waals surface area (Å²) in [6.07, 6.45) is 1.20. The molecule has 0 saturated heterocycles. The first-order valence-electron chi connectivity index (χ1n) is 8.66. The van der Waals surface area contributed by atoms with Gasteiger partial charge < -0.3 is 9.30 Å². The van der Waals surface area contributed by atoms with E-state index in [2.05, 4.69) is 4.98 Å². The molecule has 2 heterocycles. The Labute approximate surface area is 183 Å². The van der Waals surface area contributed by atoms with Crippen molar-refractivity contribution in [1.82, 2.24) is 9.55 Å². The zero-order chi connectivity index (χ0) is 21.3. The van der Waals surface area contributed by atoms with Crippen molar-refractivity contribution in [3.8, 4) is 5.69 Å². The summed E-state index contributed by atoms with van der Waals surface area (Å²) in [4.78, 5) is 28.7. The average molecular weight is 452 g/mol. The van der Waals surface area contributed by atoms with E-state index >= 15 is 0 Å². The Bertz CT molecular complexity index is 1110. The Kier molecular flexibility index (Phi) is 6.32. The van der Waals surface area contributed by atoms with E-state index in [1.165, 1.54) is 6.20 Å². The van der Waals surface area contributed by atoms with Crippen LogP contribution in [0.15, 0.2) is 36.5 Å². The molecule has 0 aliphatic heterocycles. The maximum absolute atomic E-state index is 12.7. The number of halogens is 3. The predicted molar refractivity (Wildman–Crippen MR) is 114 cm³/mol. The number of benzene rings is 1. The second kappa shape index (κ2) is 8.57. The van der Waals surface area contributed by atoms with Gasteiger partial charge in [-0.15, -0.1) is 0 Å². The fourth-order valence-electron chi connectivity index (χ4n) is 3.00. The van der Waals surface area contributed by atoms with Gasteiger partial charge in [0.15, 0.2) is 12.3 Å². The number of aromatic nitrogens is 2. The number of carbonyl (C=O) groups is 2. The van der Waals surface area contributed by atoms with E-state index in [0.717, 1.165) is 22.6 Å². The normalized spacial score (nSPS) is 10.8. The van der Waals surface area contributed by atoms with Crippen LogP contribution in [0.4, 0.5) is 0 Å². The topological polar surface area (TPSA) is 61.2 Å². The highest BCUT2D eigenvalue weighted by Gasteiger charge is 2.22. The standard InChI is InChI=1S/C21H17Cl3N2O3/c1-11-4-6-14(7-5-11)26-12(2)8-15(13(26)3)17(27)10-29-21(28)20-19(24)18(23)16(22)9-25-20/h4-9H,10H2,1-3H3. The monoisotopic (exact) mass is 450 g/mol. The lowest BCUT2D eigenvalue weighted by Gasteiger charge is -2.10. The minimum atomic E-state index is -0.853. The van der Waals surface area contributed by atoms with E-state index < -0.39 is 12.6 Å². The van der Waals surface area contributed by atoms with Crippen molar-refractivity contribution < 1.29 is 14.3 Å². The van der Waals surface area contributed by atoms with Crippen LogP contribution < -0.4 is 0 Å². The van der Waals surface area contributed by atoms with Crippen molar-refractivity contribution in [2.75, 3.05) is 6.61 Å². The lowest BCUT2D eigenvalue weighted by Crippen LogP contribution is -2.16. The largest absolute Gasteiger partial charge is 0.453 e. The number of hydrogen-bond acceptors (Lipinski definition) is 4. The quantitative estimate of drug-likeness (QED) is 0.363. The van der Waals surface area contributed by atoms with Crippen molar-refractivity contribution in [1.29, 1.82) is 0 Å². The van der Waals surface area contributed by atoms with Gasteiger partial charge in [0, 0.05) is 28.8 Å². The third-order valence-electron chi connectivity index (χ3n) is 4.47. The van der Waals surface area contributed by atoms with Crippen molar-refractivity contribution in [2.24, 2.45) is 0 Å². The molecule has 0 fully saturated rings. The van der Waals surface area contributed by atoms with E-state index in [-0.39, 0.29) is 26.5 Å². The minimum absolute atomic E-state index is 0.00301. The van der Waals surface area contributed by atoms with Crippen LogP contribution in [0.5, 0.6) is 0 Å². The zero-order valence-corrected chi connectivity index (χ0v) is 18.2. The smallest absolute Gasteiger partial charge is 0.358 e. The summed E-state index contributed by atoms with van der Waals surface area (Å²) >= 11 is 17.7. The number of hydrogen-bond donors (Lipinski definition) is 0. The molecule has 0 aliphatic carbocycles. The van der Waals surface area contributed by atoms with Gasteiger partial charge in [-0.1, -0.05) is 52.5 Å². The SMILES string of the molecule is Cc1ccc(-n2c(C)cc(C(=O)COC(=O)c3ncc(Cl)c(Cl)c3Cl)c2C)cc1. The van der Waals surface area contributed by atoms with Gasteiger partial charge in [-0.05, 0) is 39.0 Å². The summed E-state index contributed by atoms with van der Waals surface area (Å²) in [5, 5.41) is 0.00487. The van der Waals surface area contributed by atoms with Gasteiger partial charge >= 0.3 is 5.97 Å². The van der Waals surface area contributed by atoms with Gasteiger partial charge in [0.05, 0.1) is 15.1 Å². The predicted octanol–water partition coefficient (Wildman–Crippen LogP) is 5.80. The first-order chi connectivity index (χ1) is 13.7. The Morgan fingerprint density at radius 2 is 1.69 bits per heavy atom. The highest BCUT2D eigenvalue weighted by molar-refractivity contribution is 6.48. The lowest BCUT2D eigenvalue weighted by molar-refractivity contribution is 0.0469. The fraction of sp³-hybridized carbons (Fsp3) is 0.190. The van der Waals surface area contributed by atoms with Gasteiger partial charge in [0.2, 0.25) is 5.78 Å². The maximum atomic E-state index is 12.7. The van der Waals surface area contributed by atoms with E-state index in [0.29, 0.717) is 5.56 Å². The summed E-state index contributed by atoms with van der Waals surface area (Å²) in [6, 6.07) is 9.76. The van der Waals surface area contributed by atoms with E-state index in [1.807, 2.05) is 49.6 Å². The second-order valence-electron chi connectivity index (χ2n) is 6.54. The molecule has 0 amide bonds. The number of ether oxygens (including phenoxy) is 1. The first-order valence-corrected chi connectivity index (χ1v) is 9.80. The molecular formula is C21H17Cl3N2O3. The van der Waals surface area contributed by atoms with E-state index in [9.17, 15) is 9.59 Å². The molecule has 2 aromatic heterocycles. The molecule has 0 radical (unpaired) electrons. The van der Waals surface area contributed by atoms with E-state index in [4.69, 9.17) is 39.5 Å². The molecule has 0 spiro atoms. The van der Waals surface area contributed by atoms with Crippen molar-refractivity contribution in [3.63, 3.8) is 0 Å². The molecule has 3 rings (SSSR count). The molecule has 3 aromatic rings. The van der Waals surface area contributed by atoms with Crippen LogP contribution in [0.3, 0.4) is 0 Å². The summed E-state index contributed by atoms with van der Waals surface area (Å²) in [5.74, 6) is -1.18. The molecule has 0 bridgehead atoms. The molecule has 0 aliphatic rings. The third kappa shape index (κ3) is 4.32. The number of pyridine rings is 1. The van der Waals surface area contributed by atoms with Gasteiger partial charge in [-0.2, -0.15) is 0 Å². The zero-order valence-electron chi connectivity index (χ0n) is 15.9. The molecule has 0 unspecified atom stereocenters. The average Bonchev–Trinajstić information content (AvgIpc) is 2.99. The van der Waals surface area contributed by atoms with Crippen LogP contribution in [0.1, 0.15) is 37.8 Å². The third-order valence-corrected chi connectivity index (χ3v) is 5.71. The van der Waals surface area contributed by atoms with Crippen LogP contribution in [0.2, 0.25) is 15.1 Å². The molecule has 29 heavy (non-hydrogen) atoms. The molecule has 0 N–H and O–H groups in total. The number of aryl methyl sites for hydroxylation is 2. The highest BCUT2D eigenvalue weighted by Crippen LogP contribution is 2.31. The maximum Gasteiger partial charge on any atom is 0.358 e. The molecule has 150 valence electrons. The molecular weight excluding hydrogens is 435 g/mol. The summed E-state index contributed by atoms with van der Waals surface area (Å²) in [7, 11) is 0. The molecule has 8 heteroatoms. The minimum Gasteiger partial charge on any atom is -0.453 e. The number of Topliss-reactive ketones (excluding diaryl/α,β-unsaturated/α-hetero) is 1. The lowest BCUT2D eigenvalue weighted by atomic mass is 10.1.